The zero-order valence-electron chi connectivity index (χ0n) is 13.8. The average molecular weight is 367 g/mol. The van der Waals surface area contributed by atoms with E-state index in [0.717, 1.165) is 11.1 Å². The summed E-state index contributed by atoms with van der Waals surface area (Å²) in [6, 6.07) is 15.7. The van der Waals surface area contributed by atoms with Crippen LogP contribution >= 0.6 is 11.8 Å². The Balaban J connectivity index is 1.48. The second kappa shape index (κ2) is 7.13. The van der Waals surface area contributed by atoms with E-state index in [1.165, 1.54) is 23.9 Å². The number of aromatic nitrogens is 3. The molecule has 1 unspecified atom stereocenters. The predicted molar refractivity (Wildman–Crippen MR) is 95.9 cm³/mol. The van der Waals surface area contributed by atoms with Crippen LogP contribution in [0.25, 0.3) is 22.8 Å². The predicted octanol–water partition coefficient (Wildman–Crippen LogP) is 5.38. The Labute approximate surface area is 153 Å². The van der Waals surface area contributed by atoms with Crippen LogP contribution in [-0.2, 0) is 0 Å². The zero-order valence-corrected chi connectivity index (χ0v) is 14.6. The molecule has 5 nitrogen and oxygen atoms in total. The van der Waals surface area contributed by atoms with Crippen molar-refractivity contribution in [3.63, 3.8) is 0 Å². The molecule has 4 rings (SSSR count). The van der Waals surface area contributed by atoms with Gasteiger partial charge in [-0.1, -0.05) is 30.0 Å². The zero-order chi connectivity index (χ0) is 17.9. The number of hydrogen-bond donors (Lipinski definition) is 0. The van der Waals surface area contributed by atoms with Gasteiger partial charge in [0.25, 0.3) is 5.22 Å². The molecule has 0 radical (unpaired) electrons. The first kappa shape index (κ1) is 16.5. The summed E-state index contributed by atoms with van der Waals surface area (Å²) in [6.07, 6.45) is 1.62. The highest BCUT2D eigenvalue weighted by atomic mass is 32.2. The van der Waals surface area contributed by atoms with Gasteiger partial charge in [0.1, 0.15) is 5.82 Å². The Morgan fingerprint density at radius 3 is 2.46 bits per heavy atom. The normalized spacial score (nSPS) is 12.2. The van der Waals surface area contributed by atoms with Crippen molar-refractivity contribution in [1.82, 2.24) is 15.2 Å². The van der Waals surface area contributed by atoms with E-state index in [1.54, 1.807) is 18.3 Å². The van der Waals surface area contributed by atoms with Crippen LogP contribution < -0.4 is 0 Å². The molecule has 0 fully saturated rings. The Bertz CT molecular complexity index is 999. The topological polar surface area (TPSA) is 65.0 Å². The van der Waals surface area contributed by atoms with Gasteiger partial charge in [0.2, 0.25) is 11.8 Å². The maximum atomic E-state index is 13.0. The van der Waals surface area contributed by atoms with Gasteiger partial charge in [0, 0.05) is 11.1 Å². The maximum Gasteiger partial charge on any atom is 0.256 e. The van der Waals surface area contributed by atoms with Gasteiger partial charge in [-0.2, -0.15) is 0 Å². The van der Waals surface area contributed by atoms with Crippen LogP contribution in [0.3, 0.4) is 0 Å². The molecule has 0 N–H and O–H groups in total. The first-order chi connectivity index (χ1) is 12.7. The van der Waals surface area contributed by atoms with Gasteiger partial charge in [-0.3, -0.25) is 0 Å². The molecule has 0 aliphatic rings. The number of oxazole rings is 1. The maximum absolute atomic E-state index is 13.0. The van der Waals surface area contributed by atoms with E-state index in [4.69, 9.17) is 8.83 Å². The summed E-state index contributed by atoms with van der Waals surface area (Å²) in [5, 5.41) is 8.57. The SMILES string of the molecule is CC(Sc1ncc(-c2ccc(F)cc2)o1)c1nnc(-c2ccccc2)o1. The lowest BCUT2D eigenvalue weighted by Gasteiger charge is -2.02. The summed E-state index contributed by atoms with van der Waals surface area (Å²) < 4.78 is 24.5. The molecule has 0 saturated heterocycles. The van der Waals surface area contributed by atoms with Crippen molar-refractivity contribution in [2.45, 2.75) is 17.4 Å². The second-order valence-electron chi connectivity index (χ2n) is 5.57. The fourth-order valence-electron chi connectivity index (χ4n) is 2.36. The van der Waals surface area contributed by atoms with Crippen molar-refractivity contribution in [3.05, 3.63) is 72.5 Å². The van der Waals surface area contributed by atoms with Crippen molar-refractivity contribution >= 4 is 11.8 Å². The standard InChI is InChI=1S/C19H14FN3O2S/c1-12(17-22-23-18(25-17)14-5-3-2-4-6-14)26-19-21-11-16(24-19)13-7-9-15(20)10-8-13/h2-12H,1H3. The highest BCUT2D eigenvalue weighted by molar-refractivity contribution is 7.99. The molecule has 2 heterocycles. The smallest absolute Gasteiger partial charge is 0.256 e. The van der Waals surface area contributed by atoms with E-state index >= 15 is 0 Å². The van der Waals surface area contributed by atoms with Crippen LogP contribution in [0.1, 0.15) is 18.1 Å². The highest BCUT2D eigenvalue weighted by Gasteiger charge is 2.19. The van der Waals surface area contributed by atoms with Gasteiger partial charge in [0.15, 0.2) is 5.76 Å². The summed E-state index contributed by atoms with van der Waals surface area (Å²) in [6.45, 7) is 1.94. The van der Waals surface area contributed by atoms with E-state index in [-0.39, 0.29) is 11.1 Å². The lowest BCUT2D eigenvalue weighted by molar-refractivity contribution is 0.461. The molecule has 130 valence electrons. The third kappa shape index (κ3) is 3.52. The molecule has 4 aromatic rings. The van der Waals surface area contributed by atoms with Gasteiger partial charge in [-0.05, 0) is 43.3 Å². The van der Waals surface area contributed by atoms with Crippen LogP contribution in [0.2, 0.25) is 0 Å². The van der Waals surface area contributed by atoms with Crippen LogP contribution in [0.4, 0.5) is 4.39 Å². The Hall–Kier alpha value is -2.93. The second-order valence-corrected chi connectivity index (χ2v) is 6.86. The Morgan fingerprint density at radius 1 is 0.923 bits per heavy atom. The monoisotopic (exact) mass is 367 g/mol. The van der Waals surface area contributed by atoms with E-state index in [9.17, 15) is 4.39 Å². The number of nitrogens with zero attached hydrogens (tertiary/aromatic N) is 3. The van der Waals surface area contributed by atoms with E-state index in [2.05, 4.69) is 15.2 Å². The number of thioether (sulfide) groups is 1. The van der Waals surface area contributed by atoms with E-state index in [0.29, 0.717) is 22.8 Å². The fraction of sp³-hybridized carbons (Fsp3) is 0.105. The molecule has 1 atom stereocenters. The summed E-state index contributed by atoms with van der Waals surface area (Å²) in [4.78, 5) is 4.26. The Kier molecular flexibility index (Phi) is 4.53. The van der Waals surface area contributed by atoms with Crippen LogP contribution in [0, 0.1) is 5.82 Å². The molecular weight excluding hydrogens is 353 g/mol. The third-order valence-corrected chi connectivity index (χ3v) is 4.65. The minimum Gasteiger partial charge on any atom is -0.431 e. The number of hydrogen-bond acceptors (Lipinski definition) is 6. The molecule has 0 spiro atoms. The number of halogens is 1. The fourth-order valence-corrected chi connectivity index (χ4v) is 3.11. The summed E-state index contributed by atoms with van der Waals surface area (Å²) in [7, 11) is 0. The first-order valence-electron chi connectivity index (χ1n) is 7.96. The molecular formula is C19H14FN3O2S. The molecule has 0 amide bonds. The van der Waals surface area contributed by atoms with Crippen LogP contribution in [0.5, 0.6) is 0 Å². The Morgan fingerprint density at radius 2 is 1.69 bits per heavy atom. The summed E-state index contributed by atoms with van der Waals surface area (Å²) >= 11 is 1.38. The van der Waals surface area contributed by atoms with Crippen molar-refractivity contribution in [2.75, 3.05) is 0 Å². The molecule has 26 heavy (non-hydrogen) atoms. The molecule has 0 aliphatic carbocycles. The van der Waals surface area contributed by atoms with Gasteiger partial charge in [-0.15, -0.1) is 10.2 Å². The summed E-state index contributed by atoms with van der Waals surface area (Å²) in [5.41, 5.74) is 1.64. The average Bonchev–Trinajstić information content (AvgIpc) is 3.33. The molecule has 0 bridgehead atoms. The van der Waals surface area contributed by atoms with Crippen molar-refractivity contribution < 1.29 is 13.2 Å². The molecule has 2 aromatic carbocycles. The third-order valence-electron chi connectivity index (χ3n) is 3.70. The lowest BCUT2D eigenvalue weighted by atomic mass is 10.2. The molecule has 0 aliphatic heterocycles. The number of benzene rings is 2. The van der Waals surface area contributed by atoms with Gasteiger partial charge in [0.05, 0.1) is 11.4 Å². The molecule has 2 aromatic heterocycles. The van der Waals surface area contributed by atoms with Gasteiger partial charge < -0.3 is 8.83 Å². The van der Waals surface area contributed by atoms with Crippen molar-refractivity contribution in [2.24, 2.45) is 0 Å². The van der Waals surface area contributed by atoms with Gasteiger partial charge in [-0.25, -0.2) is 9.37 Å². The van der Waals surface area contributed by atoms with Crippen LogP contribution in [0.15, 0.2) is 74.9 Å². The van der Waals surface area contributed by atoms with Gasteiger partial charge >= 0.3 is 0 Å². The van der Waals surface area contributed by atoms with Crippen molar-refractivity contribution in [1.29, 1.82) is 0 Å². The van der Waals surface area contributed by atoms with Crippen LogP contribution in [-0.4, -0.2) is 15.2 Å². The largest absolute Gasteiger partial charge is 0.431 e. The molecule has 7 heteroatoms. The quantitative estimate of drug-likeness (QED) is 0.441. The first-order valence-corrected chi connectivity index (χ1v) is 8.84. The van der Waals surface area contributed by atoms with E-state index < -0.39 is 0 Å². The summed E-state index contributed by atoms with van der Waals surface area (Å²) in [5.74, 6) is 1.26. The van der Waals surface area contributed by atoms with Crippen molar-refractivity contribution in [3.8, 4) is 22.8 Å². The lowest BCUT2D eigenvalue weighted by Crippen LogP contribution is -1.88. The highest BCUT2D eigenvalue weighted by Crippen LogP contribution is 2.36. The minimum atomic E-state index is -0.290. The molecule has 0 saturated carbocycles. The minimum absolute atomic E-state index is 0.125. The number of rotatable bonds is 5. The van der Waals surface area contributed by atoms with E-state index in [1.807, 2.05) is 37.3 Å².